The Labute approximate surface area is 108 Å². The van der Waals surface area contributed by atoms with Crippen molar-refractivity contribution < 1.29 is 4.52 Å². The van der Waals surface area contributed by atoms with Gasteiger partial charge >= 0.3 is 0 Å². The summed E-state index contributed by atoms with van der Waals surface area (Å²) < 4.78 is 4.99. The van der Waals surface area contributed by atoms with Crippen LogP contribution >= 0.6 is 11.6 Å². The number of benzene rings is 1. The van der Waals surface area contributed by atoms with Crippen LogP contribution in [0.3, 0.4) is 0 Å². The summed E-state index contributed by atoms with van der Waals surface area (Å²) in [4.78, 5) is 7.42. The summed E-state index contributed by atoms with van der Waals surface area (Å²) in [7, 11) is 0. The number of aromatic amines is 1. The fraction of sp³-hybridized carbons (Fsp3) is 0.167. The number of nitrogens with one attached hydrogen (secondary N) is 1. The molecule has 0 bridgehead atoms. The molecule has 18 heavy (non-hydrogen) atoms. The number of rotatable bonds is 2. The number of hydrogen-bond acceptors (Lipinski definition) is 4. The molecule has 3 rings (SSSR count). The van der Waals surface area contributed by atoms with Crippen LogP contribution in [-0.2, 0) is 6.54 Å². The number of aryl methyl sites for hydroxylation is 1. The van der Waals surface area contributed by atoms with Gasteiger partial charge in [-0.2, -0.15) is 4.98 Å². The number of aromatic nitrogens is 3. The third-order valence-electron chi connectivity index (χ3n) is 2.73. The molecule has 0 aliphatic carbocycles. The Kier molecular flexibility index (Phi) is 2.57. The quantitative estimate of drug-likeness (QED) is 0.744. The first-order valence-corrected chi connectivity index (χ1v) is 5.87. The molecule has 0 unspecified atom stereocenters. The Hall–Kier alpha value is -1.85. The van der Waals surface area contributed by atoms with Crippen molar-refractivity contribution >= 4 is 22.5 Å². The lowest BCUT2D eigenvalue weighted by atomic mass is 10.1. The second-order valence-corrected chi connectivity index (χ2v) is 4.49. The van der Waals surface area contributed by atoms with Gasteiger partial charge in [-0.05, 0) is 25.1 Å². The average molecular weight is 263 g/mol. The minimum absolute atomic E-state index is 0.217. The molecule has 0 aliphatic rings. The number of hydrogen-bond donors (Lipinski definition) is 2. The Morgan fingerprint density at radius 2 is 2.22 bits per heavy atom. The van der Waals surface area contributed by atoms with E-state index in [9.17, 15) is 0 Å². The van der Waals surface area contributed by atoms with Crippen molar-refractivity contribution in [3.05, 3.63) is 34.8 Å². The molecule has 0 saturated heterocycles. The van der Waals surface area contributed by atoms with E-state index in [0.717, 1.165) is 22.2 Å². The summed E-state index contributed by atoms with van der Waals surface area (Å²) in [5, 5.41) is 5.52. The van der Waals surface area contributed by atoms with Crippen LogP contribution in [0, 0.1) is 6.92 Å². The number of halogens is 1. The topological polar surface area (TPSA) is 80.7 Å². The molecule has 0 aliphatic heterocycles. The van der Waals surface area contributed by atoms with Crippen molar-refractivity contribution in [3.8, 4) is 11.4 Å². The Balaban J connectivity index is 2.18. The molecule has 0 fully saturated rings. The number of H-pyrrole nitrogens is 1. The van der Waals surface area contributed by atoms with E-state index in [-0.39, 0.29) is 6.54 Å². The predicted octanol–water partition coefficient (Wildman–Crippen LogP) is 2.64. The third kappa shape index (κ3) is 1.77. The normalized spacial score (nSPS) is 11.3. The van der Waals surface area contributed by atoms with Crippen LogP contribution in [0.5, 0.6) is 0 Å². The highest BCUT2D eigenvalue weighted by molar-refractivity contribution is 6.34. The van der Waals surface area contributed by atoms with E-state index in [0.29, 0.717) is 16.7 Å². The highest BCUT2D eigenvalue weighted by atomic mass is 35.5. The van der Waals surface area contributed by atoms with Crippen LogP contribution < -0.4 is 5.73 Å². The SMILES string of the molecule is Cc1cc2cc(Cl)c(-c3noc(CN)n3)cc2[nH]1. The highest BCUT2D eigenvalue weighted by Gasteiger charge is 2.13. The molecular formula is C12H11ClN4O. The van der Waals surface area contributed by atoms with Gasteiger partial charge in [0.25, 0.3) is 0 Å². The van der Waals surface area contributed by atoms with E-state index >= 15 is 0 Å². The summed E-state index contributed by atoms with van der Waals surface area (Å²) in [5.74, 6) is 0.846. The molecule has 92 valence electrons. The summed E-state index contributed by atoms with van der Waals surface area (Å²) in [5.41, 5.74) is 8.24. The summed E-state index contributed by atoms with van der Waals surface area (Å²) in [6, 6.07) is 5.83. The molecule has 0 saturated carbocycles. The summed E-state index contributed by atoms with van der Waals surface area (Å²) in [6.07, 6.45) is 0. The standard InChI is InChI=1S/C12H11ClN4O/c1-6-2-7-3-9(13)8(4-10(7)15-6)12-16-11(5-14)18-17-12/h2-4,15H,5,14H2,1H3. The van der Waals surface area contributed by atoms with E-state index < -0.39 is 0 Å². The van der Waals surface area contributed by atoms with Crippen molar-refractivity contribution in [3.63, 3.8) is 0 Å². The van der Waals surface area contributed by atoms with Gasteiger partial charge in [-0.15, -0.1) is 0 Å². The summed E-state index contributed by atoms with van der Waals surface area (Å²) >= 11 is 6.23. The smallest absolute Gasteiger partial charge is 0.240 e. The molecule has 5 nitrogen and oxygen atoms in total. The van der Waals surface area contributed by atoms with Crippen LogP contribution in [-0.4, -0.2) is 15.1 Å². The highest BCUT2D eigenvalue weighted by Crippen LogP contribution is 2.30. The predicted molar refractivity (Wildman–Crippen MR) is 69.2 cm³/mol. The minimum atomic E-state index is 0.217. The molecular weight excluding hydrogens is 252 g/mol. The van der Waals surface area contributed by atoms with Crippen molar-refractivity contribution in [1.82, 2.24) is 15.1 Å². The Morgan fingerprint density at radius 3 is 2.94 bits per heavy atom. The number of fused-ring (bicyclic) bond motifs is 1. The fourth-order valence-corrected chi connectivity index (χ4v) is 2.17. The van der Waals surface area contributed by atoms with Crippen molar-refractivity contribution in [2.45, 2.75) is 13.5 Å². The van der Waals surface area contributed by atoms with E-state index in [1.165, 1.54) is 0 Å². The number of nitrogens with zero attached hydrogens (tertiary/aromatic N) is 2. The average Bonchev–Trinajstić information content (AvgIpc) is 2.92. The maximum absolute atomic E-state index is 6.23. The molecule has 6 heteroatoms. The number of nitrogens with two attached hydrogens (primary N) is 1. The minimum Gasteiger partial charge on any atom is -0.359 e. The largest absolute Gasteiger partial charge is 0.359 e. The van der Waals surface area contributed by atoms with E-state index in [1.54, 1.807) is 0 Å². The van der Waals surface area contributed by atoms with Crippen LogP contribution in [0.2, 0.25) is 5.02 Å². The monoisotopic (exact) mass is 262 g/mol. The van der Waals surface area contributed by atoms with Crippen LogP contribution in [0.25, 0.3) is 22.3 Å². The molecule has 3 N–H and O–H groups in total. The second-order valence-electron chi connectivity index (χ2n) is 4.09. The fourth-order valence-electron chi connectivity index (χ4n) is 1.92. The van der Waals surface area contributed by atoms with Gasteiger partial charge in [0.2, 0.25) is 11.7 Å². The van der Waals surface area contributed by atoms with Gasteiger partial charge in [0.15, 0.2) is 0 Å². The zero-order valence-corrected chi connectivity index (χ0v) is 10.5. The summed E-state index contributed by atoms with van der Waals surface area (Å²) in [6.45, 7) is 2.21. The Bertz CT molecular complexity index is 716. The molecule has 0 atom stereocenters. The van der Waals surface area contributed by atoms with Crippen LogP contribution in [0.1, 0.15) is 11.6 Å². The second kappa shape index (κ2) is 4.12. The van der Waals surface area contributed by atoms with Gasteiger partial charge in [0.05, 0.1) is 11.6 Å². The van der Waals surface area contributed by atoms with Gasteiger partial charge in [-0.25, -0.2) is 0 Å². The van der Waals surface area contributed by atoms with Gasteiger partial charge in [0, 0.05) is 22.2 Å². The first kappa shape index (κ1) is 11.3. The molecule has 0 radical (unpaired) electrons. The molecule has 1 aromatic carbocycles. The Morgan fingerprint density at radius 1 is 1.39 bits per heavy atom. The van der Waals surface area contributed by atoms with Gasteiger partial charge < -0.3 is 15.2 Å². The molecule has 2 aromatic heterocycles. The molecule has 0 spiro atoms. The van der Waals surface area contributed by atoms with Crippen molar-refractivity contribution in [1.29, 1.82) is 0 Å². The lowest BCUT2D eigenvalue weighted by molar-refractivity contribution is 0.380. The first-order chi connectivity index (χ1) is 8.67. The maximum atomic E-state index is 6.23. The van der Waals surface area contributed by atoms with Gasteiger partial charge in [-0.3, -0.25) is 0 Å². The molecule has 2 heterocycles. The maximum Gasteiger partial charge on any atom is 0.240 e. The van der Waals surface area contributed by atoms with Crippen molar-refractivity contribution in [2.24, 2.45) is 5.73 Å². The third-order valence-corrected chi connectivity index (χ3v) is 3.04. The molecule has 3 aromatic rings. The van der Waals surface area contributed by atoms with Crippen molar-refractivity contribution in [2.75, 3.05) is 0 Å². The zero-order valence-electron chi connectivity index (χ0n) is 9.70. The first-order valence-electron chi connectivity index (χ1n) is 5.49. The van der Waals surface area contributed by atoms with E-state index in [1.807, 2.05) is 25.1 Å². The molecule has 0 amide bonds. The van der Waals surface area contributed by atoms with E-state index in [2.05, 4.69) is 15.1 Å². The zero-order chi connectivity index (χ0) is 12.7. The van der Waals surface area contributed by atoms with E-state index in [4.69, 9.17) is 21.9 Å². The van der Waals surface area contributed by atoms with Crippen LogP contribution in [0.4, 0.5) is 0 Å². The lowest BCUT2D eigenvalue weighted by Crippen LogP contribution is -1.95. The van der Waals surface area contributed by atoms with Gasteiger partial charge in [0.1, 0.15) is 0 Å². The lowest BCUT2D eigenvalue weighted by Gasteiger charge is -1.99. The van der Waals surface area contributed by atoms with Crippen LogP contribution in [0.15, 0.2) is 22.7 Å². The van der Waals surface area contributed by atoms with Gasteiger partial charge in [-0.1, -0.05) is 16.8 Å².